The number of hydrogen-bond acceptors (Lipinski definition) is 6. The van der Waals surface area contributed by atoms with Gasteiger partial charge in [-0.3, -0.25) is 20.6 Å². The summed E-state index contributed by atoms with van der Waals surface area (Å²) in [5.41, 5.74) is 2.61. The number of aromatic nitrogens is 4. The predicted octanol–water partition coefficient (Wildman–Crippen LogP) is 1.43. The number of nitrogens with zero attached hydrogens (tertiary/aromatic N) is 4. The van der Waals surface area contributed by atoms with Gasteiger partial charge in [0, 0.05) is 12.3 Å². The van der Waals surface area contributed by atoms with E-state index in [0.717, 1.165) is 0 Å². The summed E-state index contributed by atoms with van der Waals surface area (Å²) in [6.07, 6.45) is 1.45. The molecule has 2 rings (SSSR count). The third-order valence-electron chi connectivity index (χ3n) is 2.04. The monoisotopic (exact) mass is 252 g/mol. The summed E-state index contributed by atoms with van der Waals surface area (Å²) in [5.74, 6) is 0.660. The van der Waals surface area contributed by atoms with Gasteiger partial charge >= 0.3 is 5.69 Å². The highest BCUT2D eigenvalue weighted by Crippen LogP contribution is 2.20. The summed E-state index contributed by atoms with van der Waals surface area (Å²) in [7, 11) is 0. The summed E-state index contributed by atoms with van der Waals surface area (Å²) in [5, 5.41) is 17.2. The van der Waals surface area contributed by atoms with Crippen molar-refractivity contribution in [2.24, 2.45) is 0 Å². The fourth-order valence-corrected chi connectivity index (χ4v) is 1.47. The van der Waals surface area contributed by atoms with E-state index in [1.807, 2.05) is 0 Å². The van der Waals surface area contributed by atoms with Crippen LogP contribution in [-0.2, 0) is 0 Å². The number of rotatable bonds is 3. The van der Waals surface area contributed by atoms with E-state index in [2.05, 4.69) is 20.6 Å². The van der Waals surface area contributed by atoms with E-state index in [0.29, 0.717) is 10.6 Å². The van der Waals surface area contributed by atoms with Crippen molar-refractivity contribution in [3.05, 3.63) is 39.0 Å². The molecule has 0 saturated heterocycles. The molecule has 8 nitrogen and oxygen atoms in total. The van der Waals surface area contributed by atoms with E-state index in [4.69, 9.17) is 12.2 Å². The largest absolute Gasteiger partial charge is 0.313 e. The van der Waals surface area contributed by atoms with Gasteiger partial charge in [0.25, 0.3) is 0 Å². The molecule has 0 radical (unpaired) electrons. The van der Waals surface area contributed by atoms with Gasteiger partial charge in [0.15, 0.2) is 0 Å². The van der Waals surface area contributed by atoms with Gasteiger partial charge in [0.1, 0.15) is 5.82 Å². The highest BCUT2D eigenvalue weighted by molar-refractivity contribution is 7.71. The molecule has 2 aromatic rings. The van der Waals surface area contributed by atoms with Crippen LogP contribution in [0.3, 0.4) is 0 Å². The second-order valence-electron chi connectivity index (χ2n) is 3.15. The molecule has 0 spiro atoms. The smallest absolute Gasteiger partial charge is 0.268 e. The molecule has 88 valence electrons. The minimum atomic E-state index is -0.519. The van der Waals surface area contributed by atoms with Crippen LogP contribution in [0.4, 0.5) is 11.5 Å². The maximum atomic E-state index is 10.8. The molecular weight excluding hydrogens is 244 g/mol. The molecule has 0 amide bonds. The molecule has 0 saturated carbocycles. The first kappa shape index (κ1) is 11.2. The van der Waals surface area contributed by atoms with Gasteiger partial charge in [-0.15, -0.1) is 0 Å². The van der Waals surface area contributed by atoms with Crippen LogP contribution in [0.1, 0.15) is 5.82 Å². The zero-order valence-electron chi connectivity index (χ0n) is 8.75. The van der Waals surface area contributed by atoms with Crippen LogP contribution < -0.4 is 5.43 Å². The van der Waals surface area contributed by atoms with Crippen LogP contribution in [0.2, 0.25) is 0 Å². The first-order chi connectivity index (χ1) is 8.09. The number of nitro groups is 1. The molecule has 2 heterocycles. The lowest BCUT2D eigenvalue weighted by Gasteiger charge is -2.06. The van der Waals surface area contributed by atoms with Crippen LogP contribution >= 0.6 is 12.2 Å². The molecule has 2 aromatic heterocycles. The second-order valence-corrected chi connectivity index (χ2v) is 3.54. The molecule has 17 heavy (non-hydrogen) atoms. The molecule has 0 aliphatic rings. The van der Waals surface area contributed by atoms with Gasteiger partial charge in [-0.05, 0) is 25.2 Å². The van der Waals surface area contributed by atoms with Crippen LogP contribution in [-0.4, -0.2) is 24.8 Å². The maximum absolute atomic E-state index is 10.8. The Balaban J connectivity index is 2.43. The summed E-state index contributed by atoms with van der Waals surface area (Å²) in [6, 6.07) is 2.85. The van der Waals surface area contributed by atoms with E-state index in [1.165, 1.54) is 23.0 Å². The summed E-state index contributed by atoms with van der Waals surface area (Å²) < 4.78 is 1.72. The Kier molecular flexibility index (Phi) is 2.83. The molecule has 0 aromatic carbocycles. The van der Waals surface area contributed by atoms with Gasteiger partial charge in [-0.2, -0.15) is 5.10 Å². The zero-order valence-corrected chi connectivity index (χ0v) is 9.56. The fraction of sp³-hybridized carbons (Fsp3) is 0.125. The lowest BCUT2D eigenvalue weighted by molar-refractivity contribution is -0.384. The van der Waals surface area contributed by atoms with Crippen LogP contribution in [0.25, 0.3) is 0 Å². The Morgan fingerprint density at radius 2 is 2.41 bits per heavy atom. The first-order valence-corrected chi connectivity index (χ1v) is 5.01. The topological polar surface area (TPSA) is 102 Å². The van der Waals surface area contributed by atoms with Gasteiger partial charge in [-0.1, -0.05) is 0 Å². The highest BCUT2D eigenvalue weighted by Gasteiger charge is 2.15. The van der Waals surface area contributed by atoms with E-state index in [-0.39, 0.29) is 11.5 Å². The summed E-state index contributed by atoms with van der Waals surface area (Å²) >= 11 is 4.97. The van der Waals surface area contributed by atoms with Crippen molar-refractivity contribution in [2.75, 3.05) is 5.43 Å². The van der Waals surface area contributed by atoms with Gasteiger partial charge in [0.2, 0.25) is 10.6 Å². The number of hydrogen-bond donors (Lipinski definition) is 2. The van der Waals surface area contributed by atoms with E-state index in [9.17, 15) is 10.1 Å². The summed E-state index contributed by atoms with van der Waals surface area (Å²) in [6.45, 7) is 1.70. The third kappa shape index (κ3) is 2.13. The Labute approximate surface area is 100 Å². The van der Waals surface area contributed by atoms with Crippen molar-refractivity contribution in [2.45, 2.75) is 6.92 Å². The maximum Gasteiger partial charge on any atom is 0.313 e. The molecule has 9 heteroatoms. The Hall–Kier alpha value is -2.29. The molecule has 0 fully saturated rings. The highest BCUT2D eigenvalue weighted by atomic mass is 32.1. The lowest BCUT2D eigenvalue weighted by Crippen LogP contribution is -2.13. The Morgan fingerprint density at radius 3 is 3.00 bits per heavy atom. The molecule has 0 unspecified atom stereocenters. The number of aryl methyl sites for hydroxylation is 1. The quantitative estimate of drug-likeness (QED) is 0.486. The second kappa shape index (κ2) is 4.29. The lowest BCUT2D eigenvalue weighted by atomic mass is 10.4. The number of H-pyrrole nitrogens is 1. The first-order valence-electron chi connectivity index (χ1n) is 4.60. The number of anilines is 1. The van der Waals surface area contributed by atoms with Crippen molar-refractivity contribution in [3.63, 3.8) is 0 Å². The van der Waals surface area contributed by atoms with Crippen LogP contribution in [0.15, 0.2) is 18.3 Å². The molecular formula is C8H8N6O2S. The van der Waals surface area contributed by atoms with Gasteiger partial charge in [0.05, 0.1) is 4.92 Å². The van der Waals surface area contributed by atoms with Crippen molar-refractivity contribution in [1.29, 1.82) is 0 Å². The van der Waals surface area contributed by atoms with Crippen LogP contribution in [0, 0.1) is 21.8 Å². The average Bonchev–Trinajstić information content (AvgIpc) is 2.61. The fourth-order valence-electron chi connectivity index (χ4n) is 1.24. The summed E-state index contributed by atoms with van der Waals surface area (Å²) in [4.78, 5) is 14.2. The SMILES string of the molecule is Cc1n[nH]c(=S)n1Nc1ncccc1[N+](=O)[O-]. The minimum Gasteiger partial charge on any atom is -0.268 e. The van der Waals surface area contributed by atoms with E-state index >= 15 is 0 Å². The third-order valence-corrected chi connectivity index (χ3v) is 2.31. The Morgan fingerprint density at radius 1 is 1.65 bits per heavy atom. The molecule has 2 N–H and O–H groups in total. The normalized spacial score (nSPS) is 10.2. The molecule has 0 aliphatic heterocycles. The van der Waals surface area contributed by atoms with Crippen molar-refractivity contribution < 1.29 is 4.92 Å². The van der Waals surface area contributed by atoms with Crippen molar-refractivity contribution in [1.82, 2.24) is 19.9 Å². The van der Waals surface area contributed by atoms with Crippen molar-refractivity contribution >= 4 is 23.7 Å². The van der Waals surface area contributed by atoms with Gasteiger partial charge in [-0.25, -0.2) is 9.66 Å². The van der Waals surface area contributed by atoms with E-state index in [1.54, 1.807) is 6.92 Å². The molecule has 0 atom stereocenters. The minimum absolute atomic E-state index is 0.109. The average molecular weight is 252 g/mol. The number of aromatic amines is 1. The van der Waals surface area contributed by atoms with Crippen molar-refractivity contribution in [3.8, 4) is 0 Å². The molecule has 0 bridgehead atoms. The van der Waals surface area contributed by atoms with Gasteiger partial charge < -0.3 is 0 Å². The van der Waals surface area contributed by atoms with E-state index < -0.39 is 4.92 Å². The number of nitrogens with one attached hydrogen (secondary N) is 2. The van der Waals surface area contributed by atoms with Crippen LogP contribution in [0.5, 0.6) is 0 Å². The zero-order chi connectivity index (χ0) is 12.4. The predicted molar refractivity (Wildman–Crippen MR) is 62.1 cm³/mol. The number of pyridine rings is 1. The Bertz CT molecular complexity index is 618. The molecule has 0 aliphatic carbocycles. The standard InChI is InChI=1S/C8H8N6O2S/c1-5-10-11-8(17)13(5)12-7-6(14(15)16)3-2-4-9-7/h2-4H,1H3,(H,9,12)(H,11,17).